The van der Waals surface area contributed by atoms with E-state index in [1.54, 1.807) is 12.1 Å². The lowest BCUT2D eigenvalue weighted by molar-refractivity contribution is 0.0679. The fourth-order valence-electron chi connectivity index (χ4n) is 2.95. The molecule has 3 rings (SSSR count). The van der Waals surface area contributed by atoms with Gasteiger partial charge in [0.1, 0.15) is 12.4 Å². The maximum atomic E-state index is 12.2. The predicted molar refractivity (Wildman–Crippen MR) is 92.9 cm³/mol. The van der Waals surface area contributed by atoms with Crippen LogP contribution in [0.25, 0.3) is 0 Å². The highest BCUT2D eigenvalue weighted by Crippen LogP contribution is 2.17. The van der Waals surface area contributed by atoms with E-state index in [9.17, 15) is 9.90 Å². The highest BCUT2D eigenvalue weighted by Gasteiger charge is 2.25. The molecule has 0 aliphatic carbocycles. The first-order valence-corrected chi connectivity index (χ1v) is 8.24. The van der Waals surface area contributed by atoms with Gasteiger partial charge < -0.3 is 25.2 Å². The smallest absolute Gasteiger partial charge is 0.251 e. The van der Waals surface area contributed by atoms with Gasteiger partial charge in [0.15, 0.2) is 0 Å². The van der Waals surface area contributed by atoms with Crippen LogP contribution in [-0.4, -0.2) is 56.1 Å². The van der Waals surface area contributed by atoms with E-state index in [0.717, 1.165) is 26.0 Å². The maximum absolute atomic E-state index is 12.2. The van der Waals surface area contributed by atoms with Gasteiger partial charge in [-0.1, -0.05) is 6.07 Å². The van der Waals surface area contributed by atoms with Crippen molar-refractivity contribution in [1.29, 1.82) is 0 Å². The van der Waals surface area contributed by atoms with Crippen LogP contribution in [0.3, 0.4) is 0 Å². The Morgan fingerprint density at radius 3 is 3.00 bits per heavy atom. The molecule has 6 nitrogen and oxygen atoms in total. The van der Waals surface area contributed by atoms with Gasteiger partial charge in [-0.05, 0) is 31.0 Å². The maximum Gasteiger partial charge on any atom is 0.251 e. The summed E-state index contributed by atoms with van der Waals surface area (Å²) in [5.41, 5.74) is 0.565. The van der Waals surface area contributed by atoms with Gasteiger partial charge >= 0.3 is 0 Å². The summed E-state index contributed by atoms with van der Waals surface area (Å²) in [4.78, 5) is 12.2. The molecule has 1 aromatic rings. The molecule has 2 aliphatic heterocycles. The largest absolute Gasteiger partial charge is 0.491 e. The third-order valence-electron chi connectivity index (χ3n) is 4.39. The van der Waals surface area contributed by atoms with Crippen molar-refractivity contribution in [3.8, 4) is 5.75 Å². The molecule has 0 bridgehead atoms. The van der Waals surface area contributed by atoms with Crippen molar-refractivity contribution in [2.24, 2.45) is 5.92 Å². The third-order valence-corrected chi connectivity index (χ3v) is 4.39. The SMILES string of the molecule is Cl.O=C(NCC1CNCC1O)c1cccc(OCC2CCCO2)c1. The molecule has 2 fully saturated rings. The van der Waals surface area contributed by atoms with Crippen LogP contribution in [0.15, 0.2) is 24.3 Å². The van der Waals surface area contributed by atoms with Crippen molar-refractivity contribution < 1.29 is 19.4 Å². The van der Waals surface area contributed by atoms with Crippen LogP contribution >= 0.6 is 12.4 Å². The number of amides is 1. The Morgan fingerprint density at radius 2 is 2.29 bits per heavy atom. The molecule has 0 saturated carbocycles. The van der Waals surface area contributed by atoms with E-state index in [1.165, 1.54) is 0 Å². The molecule has 2 heterocycles. The van der Waals surface area contributed by atoms with Crippen LogP contribution in [0.5, 0.6) is 5.75 Å². The van der Waals surface area contributed by atoms with E-state index in [4.69, 9.17) is 9.47 Å². The average Bonchev–Trinajstić information content (AvgIpc) is 3.22. The summed E-state index contributed by atoms with van der Waals surface area (Å²) >= 11 is 0. The molecule has 1 aromatic carbocycles. The number of carbonyl (C=O) groups is 1. The van der Waals surface area contributed by atoms with E-state index in [2.05, 4.69) is 10.6 Å². The number of hydrogen-bond acceptors (Lipinski definition) is 5. The summed E-state index contributed by atoms with van der Waals surface area (Å²) in [6.07, 6.45) is 1.87. The highest BCUT2D eigenvalue weighted by atomic mass is 35.5. The summed E-state index contributed by atoms with van der Waals surface area (Å²) in [7, 11) is 0. The summed E-state index contributed by atoms with van der Waals surface area (Å²) in [5.74, 6) is 0.597. The third kappa shape index (κ3) is 5.08. The van der Waals surface area contributed by atoms with Crippen molar-refractivity contribution in [2.45, 2.75) is 25.0 Å². The number of nitrogens with one attached hydrogen (secondary N) is 2. The molecule has 0 spiro atoms. The number of rotatable bonds is 6. The molecular formula is C17H25ClN2O4. The fraction of sp³-hybridized carbons (Fsp3) is 0.588. The molecule has 3 atom stereocenters. The first-order valence-electron chi connectivity index (χ1n) is 8.24. The minimum absolute atomic E-state index is 0. The van der Waals surface area contributed by atoms with E-state index in [0.29, 0.717) is 31.0 Å². The van der Waals surface area contributed by atoms with Gasteiger partial charge in [-0.15, -0.1) is 12.4 Å². The molecule has 2 aliphatic rings. The zero-order valence-electron chi connectivity index (χ0n) is 13.6. The van der Waals surface area contributed by atoms with Crippen LogP contribution in [0.1, 0.15) is 23.2 Å². The van der Waals surface area contributed by atoms with Gasteiger partial charge in [-0.2, -0.15) is 0 Å². The number of aliphatic hydroxyl groups excluding tert-OH is 1. The summed E-state index contributed by atoms with van der Waals surface area (Å²) < 4.78 is 11.2. The van der Waals surface area contributed by atoms with Crippen LogP contribution in [0.2, 0.25) is 0 Å². The molecule has 3 N–H and O–H groups in total. The normalized spacial score (nSPS) is 26.0. The van der Waals surface area contributed by atoms with Crippen molar-refractivity contribution in [2.75, 3.05) is 32.8 Å². The van der Waals surface area contributed by atoms with Crippen LogP contribution in [0.4, 0.5) is 0 Å². The van der Waals surface area contributed by atoms with Crippen LogP contribution in [0, 0.1) is 5.92 Å². The number of ether oxygens (including phenoxy) is 2. The second-order valence-corrected chi connectivity index (χ2v) is 6.17. The molecular weight excluding hydrogens is 332 g/mol. The van der Waals surface area contributed by atoms with Crippen LogP contribution < -0.4 is 15.4 Å². The van der Waals surface area contributed by atoms with Crippen molar-refractivity contribution in [3.63, 3.8) is 0 Å². The van der Waals surface area contributed by atoms with Gasteiger partial charge in [0, 0.05) is 37.7 Å². The summed E-state index contributed by atoms with van der Waals surface area (Å²) in [6.45, 7) is 3.11. The molecule has 134 valence electrons. The number of aliphatic hydroxyl groups is 1. The number of benzene rings is 1. The van der Waals surface area contributed by atoms with Gasteiger partial charge in [0.05, 0.1) is 12.2 Å². The van der Waals surface area contributed by atoms with E-state index in [1.807, 2.05) is 12.1 Å². The zero-order chi connectivity index (χ0) is 16.1. The van der Waals surface area contributed by atoms with Gasteiger partial charge in [0.2, 0.25) is 0 Å². The molecule has 0 aromatic heterocycles. The van der Waals surface area contributed by atoms with Crippen molar-refractivity contribution in [1.82, 2.24) is 10.6 Å². The first-order chi connectivity index (χ1) is 11.2. The Morgan fingerprint density at radius 1 is 1.42 bits per heavy atom. The lowest BCUT2D eigenvalue weighted by atomic mass is 10.1. The van der Waals surface area contributed by atoms with Crippen molar-refractivity contribution in [3.05, 3.63) is 29.8 Å². The predicted octanol–water partition coefficient (Wildman–Crippen LogP) is 0.976. The molecule has 2 saturated heterocycles. The Balaban J connectivity index is 0.00000208. The monoisotopic (exact) mass is 356 g/mol. The lowest BCUT2D eigenvalue weighted by Gasteiger charge is -2.15. The van der Waals surface area contributed by atoms with Gasteiger partial charge in [0.25, 0.3) is 5.91 Å². The summed E-state index contributed by atoms with van der Waals surface area (Å²) in [6, 6.07) is 7.16. The molecule has 0 radical (unpaired) electrons. The van der Waals surface area contributed by atoms with Crippen molar-refractivity contribution >= 4 is 18.3 Å². The number of hydrogen-bond donors (Lipinski definition) is 3. The first kappa shape index (κ1) is 19.0. The van der Waals surface area contributed by atoms with E-state index >= 15 is 0 Å². The second kappa shape index (κ2) is 9.22. The Hall–Kier alpha value is -1.34. The fourth-order valence-corrected chi connectivity index (χ4v) is 2.95. The Bertz CT molecular complexity index is 537. The minimum atomic E-state index is -0.392. The number of carbonyl (C=O) groups excluding carboxylic acids is 1. The Kier molecular flexibility index (Phi) is 7.30. The zero-order valence-corrected chi connectivity index (χ0v) is 14.4. The Labute approximate surface area is 148 Å². The van der Waals surface area contributed by atoms with Gasteiger partial charge in [-0.25, -0.2) is 0 Å². The quantitative estimate of drug-likeness (QED) is 0.708. The van der Waals surface area contributed by atoms with Crippen LogP contribution in [-0.2, 0) is 4.74 Å². The number of β-amino-alcohol motifs (C(OH)–C–C–N with tert-alkyl or cyclic N) is 1. The minimum Gasteiger partial charge on any atom is -0.491 e. The standard InChI is InChI=1S/C17H24N2O4.ClH/c20-16-10-18-8-13(16)9-19-17(21)12-3-1-4-14(7-12)23-11-15-5-2-6-22-15;/h1,3-4,7,13,15-16,18,20H,2,5-6,8-11H2,(H,19,21);1H. The summed E-state index contributed by atoms with van der Waals surface area (Å²) in [5, 5.41) is 15.7. The number of halogens is 1. The molecule has 7 heteroatoms. The molecule has 24 heavy (non-hydrogen) atoms. The lowest BCUT2D eigenvalue weighted by Crippen LogP contribution is -2.34. The highest BCUT2D eigenvalue weighted by molar-refractivity contribution is 5.94. The topological polar surface area (TPSA) is 79.8 Å². The van der Waals surface area contributed by atoms with Gasteiger partial charge in [-0.3, -0.25) is 4.79 Å². The molecule has 1 amide bonds. The van der Waals surface area contributed by atoms with E-state index in [-0.39, 0.29) is 30.3 Å². The average molecular weight is 357 g/mol. The van der Waals surface area contributed by atoms with E-state index < -0.39 is 6.10 Å². The molecule has 3 unspecified atom stereocenters. The second-order valence-electron chi connectivity index (χ2n) is 6.17.